The summed E-state index contributed by atoms with van der Waals surface area (Å²) in [5.41, 5.74) is 1.83. The van der Waals surface area contributed by atoms with Crippen LogP contribution in [0.4, 0.5) is 11.4 Å². The Morgan fingerprint density at radius 3 is 2.38 bits per heavy atom. The van der Waals surface area contributed by atoms with Crippen LogP contribution in [0.25, 0.3) is 0 Å². The van der Waals surface area contributed by atoms with Crippen LogP contribution in [-0.4, -0.2) is 54.9 Å². The van der Waals surface area contributed by atoms with Crippen molar-refractivity contribution in [1.29, 1.82) is 0 Å². The Morgan fingerprint density at radius 1 is 1.03 bits per heavy atom. The zero-order valence-corrected chi connectivity index (χ0v) is 16.6. The van der Waals surface area contributed by atoms with Crippen LogP contribution < -0.4 is 15.5 Å². The SMILES string of the molecule is O=C(C[C@H]1N=C(N2CCN(c3ccccc3)CC2)NC1=O)Nc1ccc(Cl)cc1. The summed E-state index contributed by atoms with van der Waals surface area (Å²) >= 11 is 5.85. The van der Waals surface area contributed by atoms with Crippen molar-refractivity contribution in [2.24, 2.45) is 4.99 Å². The third-order valence-corrected chi connectivity index (χ3v) is 5.28. The van der Waals surface area contributed by atoms with Gasteiger partial charge in [-0.2, -0.15) is 0 Å². The highest BCUT2D eigenvalue weighted by Crippen LogP contribution is 2.18. The van der Waals surface area contributed by atoms with Crippen LogP contribution in [0.5, 0.6) is 0 Å². The number of carbonyl (C=O) groups excluding carboxylic acids is 2. The van der Waals surface area contributed by atoms with E-state index in [9.17, 15) is 9.59 Å². The Morgan fingerprint density at radius 2 is 1.69 bits per heavy atom. The molecular weight excluding hydrogens is 390 g/mol. The van der Waals surface area contributed by atoms with Gasteiger partial charge < -0.3 is 15.1 Å². The second-order valence-electron chi connectivity index (χ2n) is 7.03. The maximum absolute atomic E-state index is 12.3. The molecule has 0 spiro atoms. The summed E-state index contributed by atoms with van der Waals surface area (Å²) in [5.74, 6) is 0.0649. The van der Waals surface area contributed by atoms with Crippen molar-refractivity contribution in [3.63, 3.8) is 0 Å². The lowest BCUT2D eigenvalue weighted by atomic mass is 10.2. The molecule has 0 saturated carbocycles. The molecule has 150 valence electrons. The topological polar surface area (TPSA) is 77.0 Å². The third-order valence-electron chi connectivity index (χ3n) is 5.02. The Labute approximate surface area is 174 Å². The number of carbonyl (C=O) groups is 2. The first-order valence-corrected chi connectivity index (χ1v) is 9.95. The van der Waals surface area contributed by atoms with E-state index in [0.717, 1.165) is 26.2 Å². The van der Waals surface area contributed by atoms with Gasteiger partial charge in [0.05, 0.1) is 6.42 Å². The van der Waals surface area contributed by atoms with Crippen molar-refractivity contribution in [3.8, 4) is 0 Å². The van der Waals surface area contributed by atoms with Crippen molar-refractivity contribution in [2.45, 2.75) is 12.5 Å². The number of guanidine groups is 1. The molecule has 1 saturated heterocycles. The molecular formula is C21H22ClN5O2. The number of para-hydroxylation sites is 1. The van der Waals surface area contributed by atoms with Gasteiger partial charge in [-0.3, -0.25) is 14.9 Å². The molecule has 2 heterocycles. The maximum atomic E-state index is 12.3. The molecule has 0 unspecified atom stereocenters. The minimum Gasteiger partial charge on any atom is -0.368 e. The molecule has 1 fully saturated rings. The average molecular weight is 412 g/mol. The number of rotatable bonds is 4. The van der Waals surface area contributed by atoms with E-state index in [4.69, 9.17) is 11.6 Å². The molecule has 2 amide bonds. The number of halogens is 1. The average Bonchev–Trinajstić information content (AvgIpc) is 3.10. The third kappa shape index (κ3) is 4.68. The predicted octanol–water partition coefficient (Wildman–Crippen LogP) is 2.35. The van der Waals surface area contributed by atoms with Crippen molar-refractivity contribution < 1.29 is 9.59 Å². The van der Waals surface area contributed by atoms with Crippen LogP contribution in [0.15, 0.2) is 59.6 Å². The quantitative estimate of drug-likeness (QED) is 0.809. The number of nitrogens with one attached hydrogen (secondary N) is 2. The van der Waals surface area contributed by atoms with E-state index < -0.39 is 6.04 Å². The lowest BCUT2D eigenvalue weighted by Gasteiger charge is -2.36. The molecule has 29 heavy (non-hydrogen) atoms. The monoisotopic (exact) mass is 411 g/mol. The van der Waals surface area contributed by atoms with Gasteiger partial charge in [0.15, 0.2) is 0 Å². The van der Waals surface area contributed by atoms with Crippen molar-refractivity contribution in [1.82, 2.24) is 10.2 Å². The van der Waals surface area contributed by atoms with E-state index in [2.05, 4.69) is 37.6 Å². The van der Waals surface area contributed by atoms with Gasteiger partial charge in [0, 0.05) is 42.6 Å². The smallest absolute Gasteiger partial charge is 0.252 e. The summed E-state index contributed by atoms with van der Waals surface area (Å²) in [7, 11) is 0. The zero-order chi connectivity index (χ0) is 20.2. The number of benzene rings is 2. The Bertz CT molecular complexity index is 908. The van der Waals surface area contributed by atoms with E-state index in [0.29, 0.717) is 16.7 Å². The van der Waals surface area contributed by atoms with Gasteiger partial charge in [0.25, 0.3) is 5.91 Å². The molecule has 0 radical (unpaired) electrons. The van der Waals surface area contributed by atoms with E-state index >= 15 is 0 Å². The standard InChI is InChI=1S/C21H22ClN5O2/c22-15-6-8-16(9-7-15)23-19(28)14-18-20(29)25-21(24-18)27-12-10-26(11-13-27)17-4-2-1-3-5-17/h1-9,18H,10-14H2,(H,23,28)(H,24,25,29)/t18-/m1/s1. The van der Waals surface area contributed by atoms with Crippen LogP contribution in [-0.2, 0) is 9.59 Å². The Kier molecular flexibility index (Phi) is 5.67. The highest BCUT2D eigenvalue weighted by atomic mass is 35.5. The summed E-state index contributed by atoms with van der Waals surface area (Å²) in [4.78, 5) is 33.4. The number of anilines is 2. The molecule has 2 aromatic carbocycles. The molecule has 2 N–H and O–H groups in total. The number of piperazine rings is 1. The molecule has 4 rings (SSSR count). The van der Waals surface area contributed by atoms with Gasteiger partial charge in [-0.25, -0.2) is 4.99 Å². The summed E-state index contributed by atoms with van der Waals surface area (Å²) in [6.07, 6.45) is 0.00192. The van der Waals surface area contributed by atoms with Crippen LogP contribution in [0.3, 0.4) is 0 Å². The highest BCUT2D eigenvalue weighted by molar-refractivity contribution is 6.30. The van der Waals surface area contributed by atoms with Crippen LogP contribution >= 0.6 is 11.6 Å². The first-order chi connectivity index (χ1) is 14.1. The van der Waals surface area contributed by atoms with Crippen LogP contribution in [0.2, 0.25) is 5.02 Å². The fourth-order valence-electron chi connectivity index (χ4n) is 3.47. The fourth-order valence-corrected chi connectivity index (χ4v) is 3.59. The van der Waals surface area contributed by atoms with Gasteiger partial charge in [-0.05, 0) is 36.4 Å². The normalized spacial score (nSPS) is 19.0. The summed E-state index contributed by atoms with van der Waals surface area (Å²) in [6, 6.07) is 16.4. The predicted molar refractivity (Wildman–Crippen MR) is 114 cm³/mol. The largest absolute Gasteiger partial charge is 0.368 e. The first-order valence-electron chi connectivity index (χ1n) is 9.57. The molecule has 2 aliphatic rings. The summed E-state index contributed by atoms with van der Waals surface area (Å²) < 4.78 is 0. The molecule has 2 aromatic rings. The lowest BCUT2D eigenvalue weighted by molar-refractivity contribution is -0.123. The number of amides is 2. The van der Waals surface area contributed by atoms with Gasteiger partial charge in [-0.15, -0.1) is 0 Å². The molecule has 0 aromatic heterocycles. The van der Waals surface area contributed by atoms with Crippen LogP contribution in [0, 0.1) is 0 Å². The summed E-state index contributed by atoms with van der Waals surface area (Å²) in [5, 5.41) is 6.19. The second-order valence-corrected chi connectivity index (χ2v) is 7.46. The van der Waals surface area contributed by atoms with Gasteiger partial charge in [0.1, 0.15) is 6.04 Å². The molecule has 7 nitrogen and oxygen atoms in total. The van der Waals surface area contributed by atoms with Gasteiger partial charge >= 0.3 is 0 Å². The van der Waals surface area contributed by atoms with Crippen LogP contribution in [0.1, 0.15) is 6.42 Å². The number of nitrogens with zero attached hydrogens (tertiary/aromatic N) is 3. The number of aliphatic imine (C=N–C) groups is 1. The van der Waals surface area contributed by atoms with Crippen molar-refractivity contribution in [3.05, 3.63) is 59.6 Å². The Balaban J connectivity index is 1.32. The minimum absolute atomic E-state index is 0.00192. The van der Waals surface area contributed by atoms with E-state index in [1.54, 1.807) is 24.3 Å². The molecule has 0 aliphatic carbocycles. The Hall–Kier alpha value is -3.06. The second kappa shape index (κ2) is 8.53. The maximum Gasteiger partial charge on any atom is 0.252 e. The van der Waals surface area contributed by atoms with E-state index in [1.165, 1.54) is 5.69 Å². The first kappa shape index (κ1) is 19.3. The van der Waals surface area contributed by atoms with Gasteiger partial charge in [0.2, 0.25) is 11.9 Å². The molecule has 2 aliphatic heterocycles. The molecule has 1 atom stereocenters. The fraction of sp³-hybridized carbons (Fsp3) is 0.286. The molecule has 0 bridgehead atoms. The number of hydrogen-bond acceptors (Lipinski definition) is 5. The zero-order valence-electron chi connectivity index (χ0n) is 15.8. The van der Waals surface area contributed by atoms with E-state index in [1.807, 2.05) is 18.2 Å². The minimum atomic E-state index is -0.704. The van der Waals surface area contributed by atoms with Crippen molar-refractivity contribution >= 4 is 40.7 Å². The van der Waals surface area contributed by atoms with E-state index in [-0.39, 0.29) is 18.2 Å². The van der Waals surface area contributed by atoms with Crippen molar-refractivity contribution in [2.75, 3.05) is 36.4 Å². The molecule has 8 heteroatoms. The van der Waals surface area contributed by atoms with Gasteiger partial charge in [-0.1, -0.05) is 29.8 Å². The highest BCUT2D eigenvalue weighted by Gasteiger charge is 2.32. The summed E-state index contributed by atoms with van der Waals surface area (Å²) in [6.45, 7) is 3.22. The number of hydrogen-bond donors (Lipinski definition) is 2. The lowest BCUT2D eigenvalue weighted by Crippen LogP contribution is -2.52.